The van der Waals surface area contributed by atoms with E-state index in [2.05, 4.69) is 4.98 Å². The first-order valence-corrected chi connectivity index (χ1v) is 6.33. The summed E-state index contributed by atoms with van der Waals surface area (Å²) in [5.74, 6) is 5.44. The van der Waals surface area contributed by atoms with Gasteiger partial charge in [-0.25, -0.2) is 9.66 Å². The van der Waals surface area contributed by atoms with E-state index in [0.717, 1.165) is 6.07 Å². The van der Waals surface area contributed by atoms with Gasteiger partial charge in [0.15, 0.2) is 5.82 Å². The normalized spacial score (nSPS) is 11.8. The second-order valence-electron chi connectivity index (χ2n) is 4.67. The number of hydrogen-bond donors (Lipinski definition) is 1. The van der Waals surface area contributed by atoms with Crippen LogP contribution in [0, 0.1) is 0 Å². The number of alkyl halides is 3. The lowest BCUT2D eigenvalue weighted by molar-refractivity contribution is -0.137. The second kappa shape index (κ2) is 4.87. The van der Waals surface area contributed by atoms with Crippen molar-refractivity contribution in [2.45, 2.75) is 6.18 Å². The molecule has 0 aliphatic heterocycles. The number of aromatic nitrogens is 2. The maximum atomic E-state index is 13.1. The van der Waals surface area contributed by atoms with E-state index >= 15 is 0 Å². The van der Waals surface area contributed by atoms with Gasteiger partial charge in [-0.2, -0.15) is 13.2 Å². The van der Waals surface area contributed by atoms with Gasteiger partial charge in [0.05, 0.1) is 16.5 Å². The lowest BCUT2D eigenvalue weighted by Crippen LogP contribution is -2.30. The van der Waals surface area contributed by atoms with Gasteiger partial charge in [-0.05, 0) is 18.2 Å². The first kappa shape index (κ1) is 14.1. The number of halogens is 3. The molecule has 1 aromatic heterocycles. The topological polar surface area (TPSA) is 60.9 Å². The number of nitrogens with two attached hydrogens (primary N) is 1. The van der Waals surface area contributed by atoms with Gasteiger partial charge >= 0.3 is 6.18 Å². The number of fused-ring (bicyclic) bond motifs is 1. The first-order chi connectivity index (χ1) is 10.4. The molecule has 0 atom stereocenters. The fourth-order valence-electron chi connectivity index (χ4n) is 2.26. The highest BCUT2D eigenvalue weighted by Crippen LogP contribution is 2.35. The molecule has 0 saturated heterocycles. The SMILES string of the molecule is Nn1c(-c2ccccc2C(F)(F)F)nc2ccccc2c1=O. The molecule has 0 radical (unpaired) electrons. The van der Waals surface area contributed by atoms with Crippen LogP contribution >= 0.6 is 0 Å². The number of benzene rings is 2. The maximum Gasteiger partial charge on any atom is 0.417 e. The zero-order chi connectivity index (χ0) is 15.9. The summed E-state index contributed by atoms with van der Waals surface area (Å²) in [6.07, 6.45) is -4.57. The molecule has 0 fully saturated rings. The summed E-state index contributed by atoms with van der Waals surface area (Å²) in [5, 5.41) is 0.248. The highest BCUT2D eigenvalue weighted by Gasteiger charge is 2.34. The summed E-state index contributed by atoms with van der Waals surface area (Å²) in [5.41, 5.74) is -1.43. The molecule has 0 amide bonds. The fraction of sp³-hybridized carbons (Fsp3) is 0.0667. The van der Waals surface area contributed by atoms with Crippen LogP contribution in [-0.2, 0) is 6.18 Å². The number of nitrogen functional groups attached to an aromatic ring is 1. The minimum Gasteiger partial charge on any atom is -0.334 e. The van der Waals surface area contributed by atoms with Crippen molar-refractivity contribution in [1.29, 1.82) is 0 Å². The zero-order valence-electron chi connectivity index (χ0n) is 11.1. The van der Waals surface area contributed by atoms with Crippen molar-refractivity contribution in [3.8, 4) is 11.4 Å². The molecule has 2 aromatic carbocycles. The Morgan fingerprint density at radius 3 is 2.36 bits per heavy atom. The van der Waals surface area contributed by atoms with E-state index in [9.17, 15) is 18.0 Å². The molecular weight excluding hydrogens is 295 g/mol. The highest BCUT2D eigenvalue weighted by molar-refractivity contribution is 5.80. The highest BCUT2D eigenvalue weighted by atomic mass is 19.4. The zero-order valence-corrected chi connectivity index (χ0v) is 11.1. The number of para-hydroxylation sites is 1. The molecule has 2 N–H and O–H groups in total. The molecule has 0 saturated carbocycles. The minimum absolute atomic E-state index is 0.225. The third kappa shape index (κ3) is 2.20. The average molecular weight is 305 g/mol. The molecule has 0 bridgehead atoms. The van der Waals surface area contributed by atoms with Gasteiger partial charge in [0.25, 0.3) is 5.56 Å². The van der Waals surface area contributed by atoms with Gasteiger partial charge in [0, 0.05) is 5.56 Å². The molecule has 7 heteroatoms. The predicted octanol–water partition coefficient (Wildman–Crippen LogP) is 2.80. The van der Waals surface area contributed by atoms with E-state index in [0.29, 0.717) is 10.2 Å². The molecule has 0 unspecified atom stereocenters. The lowest BCUT2D eigenvalue weighted by atomic mass is 10.1. The van der Waals surface area contributed by atoms with E-state index < -0.39 is 17.3 Å². The van der Waals surface area contributed by atoms with Gasteiger partial charge in [-0.3, -0.25) is 4.79 Å². The van der Waals surface area contributed by atoms with Crippen molar-refractivity contribution < 1.29 is 13.2 Å². The monoisotopic (exact) mass is 305 g/mol. The largest absolute Gasteiger partial charge is 0.417 e. The minimum atomic E-state index is -4.57. The van der Waals surface area contributed by atoms with Crippen LogP contribution in [0.25, 0.3) is 22.3 Å². The molecule has 112 valence electrons. The summed E-state index contributed by atoms with van der Waals surface area (Å²) in [4.78, 5) is 16.3. The molecule has 3 rings (SSSR count). The summed E-state index contributed by atoms with van der Waals surface area (Å²) in [6, 6.07) is 11.2. The maximum absolute atomic E-state index is 13.1. The van der Waals surface area contributed by atoms with Crippen LogP contribution in [0.15, 0.2) is 53.3 Å². The van der Waals surface area contributed by atoms with Gasteiger partial charge in [-0.1, -0.05) is 30.3 Å². The quantitative estimate of drug-likeness (QED) is 0.703. The Bertz CT molecular complexity index is 916. The van der Waals surface area contributed by atoms with Crippen LogP contribution < -0.4 is 11.4 Å². The van der Waals surface area contributed by atoms with Gasteiger partial charge in [0.2, 0.25) is 0 Å². The second-order valence-corrected chi connectivity index (χ2v) is 4.67. The number of hydrogen-bond acceptors (Lipinski definition) is 3. The first-order valence-electron chi connectivity index (χ1n) is 6.33. The van der Waals surface area contributed by atoms with E-state index in [4.69, 9.17) is 5.84 Å². The van der Waals surface area contributed by atoms with Crippen molar-refractivity contribution in [3.63, 3.8) is 0 Å². The Hall–Kier alpha value is -2.83. The Morgan fingerprint density at radius 2 is 1.64 bits per heavy atom. The Balaban J connectivity index is 2.37. The molecule has 22 heavy (non-hydrogen) atoms. The van der Waals surface area contributed by atoms with E-state index in [1.54, 1.807) is 18.2 Å². The van der Waals surface area contributed by atoms with E-state index in [-0.39, 0.29) is 16.8 Å². The van der Waals surface area contributed by atoms with Crippen molar-refractivity contribution in [3.05, 3.63) is 64.4 Å². The van der Waals surface area contributed by atoms with Gasteiger partial charge in [-0.15, -0.1) is 0 Å². The smallest absolute Gasteiger partial charge is 0.334 e. The van der Waals surface area contributed by atoms with Crippen LogP contribution in [0.1, 0.15) is 5.56 Å². The van der Waals surface area contributed by atoms with Crippen LogP contribution in [0.4, 0.5) is 13.2 Å². The molecular formula is C15H10F3N3O. The Morgan fingerprint density at radius 1 is 1.00 bits per heavy atom. The molecule has 4 nitrogen and oxygen atoms in total. The molecule has 1 heterocycles. The summed E-state index contributed by atoms with van der Waals surface area (Å²) < 4.78 is 40.0. The van der Waals surface area contributed by atoms with Crippen LogP contribution in [0.5, 0.6) is 0 Å². The van der Waals surface area contributed by atoms with Crippen LogP contribution in [0.3, 0.4) is 0 Å². The lowest BCUT2D eigenvalue weighted by Gasteiger charge is -2.14. The number of nitrogens with zero attached hydrogens (tertiary/aromatic N) is 2. The molecule has 3 aromatic rings. The standard InChI is InChI=1S/C15H10F3N3O/c16-15(17,18)11-7-3-1-5-9(11)13-20-12-8-4-2-6-10(12)14(22)21(13)19/h1-8H,19H2. The van der Waals surface area contributed by atoms with E-state index in [1.165, 1.54) is 24.3 Å². The third-order valence-corrected chi connectivity index (χ3v) is 3.28. The van der Waals surface area contributed by atoms with Gasteiger partial charge in [0.1, 0.15) is 0 Å². The summed E-state index contributed by atoms with van der Waals surface area (Å²) in [7, 11) is 0. The van der Waals surface area contributed by atoms with Crippen LogP contribution in [-0.4, -0.2) is 9.66 Å². The summed E-state index contributed by atoms with van der Waals surface area (Å²) >= 11 is 0. The average Bonchev–Trinajstić information content (AvgIpc) is 2.50. The third-order valence-electron chi connectivity index (χ3n) is 3.28. The molecule has 0 aliphatic rings. The molecule has 0 spiro atoms. The van der Waals surface area contributed by atoms with Crippen LogP contribution in [0.2, 0.25) is 0 Å². The Labute approximate surface area is 122 Å². The van der Waals surface area contributed by atoms with Gasteiger partial charge < -0.3 is 5.84 Å². The van der Waals surface area contributed by atoms with E-state index in [1.807, 2.05) is 0 Å². The van der Waals surface area contributed by atoms with Crippen molar-refractivity contribution in [2.24, 2.45) is 0 Å². The molecule has 0 aliphatic carbocycles. The Kier molecular flexibility index (Phi) is 3.13. The van der Waals surface area contributed by atoms with Crippen molar-refractivity contribution in [2.75, 3.05) is 5.84 Å². The van der Waals surface area contributed by atoms with Crippen molar-refractivity contribution in [1.82, 2.24) is 9.66 Å². The van der Waals surface area contributed by atoms with Crippen molar-refractivity contribution >= 4 is 10.9 Å². The predicted molar refractivity (Wildman–Crippen MR) is 76.6 cm³/mol. The fourth-order valence-corrected chi connectivity index (χ4v) is 2.26. The number of rotatable bonds is 1. The summed E-state index contributed by atoms with van der Waals surface area (Å²) in [6.45, 7) is 0.